The molecule has 0 saturated heterocycles. The van der Waals surface area contributed by atoms with Gasteiger partial charge in [-0.1, -0.05) is 66.4 Å². The topological polar surface area (TPSA) is 31.5 Å². The molecule has 4 rings (SSSR count). The second-order valence-corrected chi connectivity index (χ2v) is 13.3. The van der Waals surface area contributed by atoms with Crippen molar-refractivity contribution in [3.8, 4) is 0 Å². The molecule has 33 heavy (non-hydrogen) atoms. The Morgan fingerprint density at radius 3 is 1.15 bits per heavy atom. The summed E-state index contributed by atoms with van der Waals surface area (Å²) in [6.45, 7) is 0. The smallest absolute Gasteiger partial charge is 0.0901 e. The van der Waals surface area contributed by atoms with Crippen molar-refractivity contribution in [1.82, 2.24) is 0 Å². The molecule has 9 heteroatoms. The van der Waals surface area contributed by atoms with Crippen LogP contribution in [0.25, 0.3) is 0 Å². The second-order valence-electron chi connectivity index (χ2n) is 6.46. The van der Waals surface area contributed by atoms with E-state index in [1.54, 1.807) is 11.8 Å². The standard InChI is InChI=1S/C24H19S2.5FH.H2O.Sb/c1-4-10-20(11-5-1)25-21-16-18-24(19-17-21)26(22-12-6-2-7-13-22)23-14-8-3-9-15-23;;;;;;;/h1-19H;5*1H;1H2;/q+1;;;;;;;+4/p-5. The van der Waals surface area contributed by atoms with Gasteiger partial charge in [0.2, 0.25) is 0 Å². The predicted octanol–water partition coefficient (Wildman–Crippen LogP) is 7.83. The first-order chi connectivity index (χ1) is 15.1. The monoisotopic (exact) mass is 605 g/mol. The minimum Gasteiger partial charge on any atom is -0.0901 e. The van der Waals surface area contributed by atoms with Crippen LogP contribution >= 0.6 is 11.8 Å². The zero-order valence-electron chi connectivity index (χ0n) is 17.1. The molecule has 0 spiro atoms. The van der Waals surface area contributed by atoms with Crippen molar-refractivity contribution < 1.29 is 19.5 Å². The van der Waals surface area contributed by atoms with Crippen LogP contribution in [-0.4, -0.2) is 25.8 Å². The third-order valence-electron chi connectivity index (χ3n) is 4.00. The predicted molar refractivity (Wildman–Crippen MR) is 127 cm³/mol. The number of hydrogen-bond acceptors (Lipinski definition) is 1. The van der Waals surface area contributed by atoms with Crippen LogP contribution in [-0.2, 0) is 10.9 Å². The van der Waals surface area contributed by atoms with Gasteiger partial charge in [-0.3, -0.25) is 0 Å². The van der Waals surface area contributed by atoms with Crippen LogP contribution < -0.4 is 0 Å². The number of benzene rings is 4. The number of rotatable bonds is 5. The van der Waals surface area contributed by atoms with Crippen LogP contribution in [0, 0.1) is 0 Å². The van der Waals surface area contributed by atoms with E-state index in [0.717, 1.165) is 0 Å². The number of halogens is 5. The fraction of sp³-hybridized carbons (Fsp3) is 0. The number of hydrogen-bond donors (Lipinski definition) is 0. The van der Waals surface area contributed by atoms with E-state index in [1.807, 2.05) is 0 Å². The summed E-state index contributed by atoms with van der Waals surface area (Å²) < 4.78 is 49.6. The molecule has 0 aliphatic carbocycles. The van der Waals surface area contributed by atoms with Crippen molar-refractivity contribution in [2.75, 3.05) is 0 Å². The van der Waals surface area contributed by atoms with E-state index >= 15 is 0 Å². The largest absolute Gasteiger partial charge is 0.166 e. The fourth-order valence-electron chi connectivity index (χ4n) is 2.79. The Kier molecular flexibility index (Phi) is 9.85. The van der Waals surface area contributed by atoms with Gasteiger partial charge in [0.05, 0.1) is 10.9 Å². The molecule has 0 fully saturated rings. The van der Waals surface area contributed by atoms with E-state index in [9.17, 15) is 14.1 Å². The molecule has 0 amide bonds. The van der Waals surface area contributed by atoms with Gasteiger partial charge in [0, 0.05) is 9.79 Å². The molecule has 0 aromatic heterocycles. The van der Waals surface area contributed by atoms with Crippen molar-refractivity contribution in [2.24, 2.45) is 0 Å². The van der Waals surface area contributed by atoms with E-state index in [4.69, 9.17) is 0 Å². The van der Waals surface area contributed by atoms with Crippen molar-refractivity contribution in [3.05, 3.63) is 115 Å². The molecule has 0 radical (unpaired) electrons. The summed E-state index contributed by atoms with van der Waals surface area (Å²) in [7, 11) is -0.0786. The van der Waals surface area contributed by atoms with E-state index < -0.39 is 20.3 Å². The Bertz CT molecular complexity index is 1050. The van der Waals surface area contributed by atoms with Crippen LogP contribution in [0.3, 0.4) is 0 Å². The van der Waals surface area contributed by atoms with E-state index in [2.05, 4.69) is 115 Å². The zero-order valence-corrected chi connectivity index (χ0v) is 21.3. The van der Waals surface area contributed by atoms with Crippen LogP contribution in [0.15, 0.2) is 140 Å². The van der Waals surface area contributed by atoms with Crippen LogP contribution in [0.1, 0.15) is 0 Å². The molecule has 4 aromatic rings. The Hall–Kier alpha value is -1.99. The summed E-state index contributed by atoms with van der Waals surface area (Å²) in [4.78, 5) is 6.58. The van der Waals surface area contributed by atoms with Crippen molar-refractivity contribution in [1.29, 1.82) is 0 Å². The maximum Gasteiger partial charge on any atom is 0.166 e. The Balaban J connectivity index is 0.000000491. The minimum absolute atomic E-state index is 0. The Morgan fingerprint density at radius 2 is 0.758 bits per heavy atom. The molecule has 0 unspecified atom stereocenters. The van der Waals surface area contributed by atoms with Gasteiger partial charge in [-0.2, -0.15) is 0 Å². The molecular weight excluding hydrogens is 585 g/mol. The maximum absolute atomic E-state index is 9.91. The first-order valence-electron chi connectivity index (χ1n) is 9.42. The molecule has 175 valence electrons. The van der Waals surface area contributed by atoms with Gasteiger partial charge in [-0.15, -0.1) is 0 Å². The molecule has 0 aliphatic heterocycles. The third-order valence-corrected chi connectivity index (χ3v) is 7.24. The molecular formula is C24H21F5OS2Sb. The molecule has 4 aromatic carbocycles. The quantitative estimate of drug-likeness (QED) is 0.130. The van der Waals surface area contributed by atoms with Gasteiger partial charge in [0.25, 0.3) is 0 Å². The summed E-state index contributed by atoms with van der Waals surface area (Å²) in [5.74, 6) is 0. The molecule has 0 heterocycles. The van der Waals surface area contributed by atoms with Gasteiger partial charge < -0.3 is 5.48 Å². The minimum atomic E-state index is -9.19. The van der Waals surface area contributed by atoms with Crippen LogP contribution in [0.4, 0.5) is 14.1 Å². The second kappa shape index (κ2) is 11.9. The zero-order chi connectivity index (χ0) is 23.1. The normalized spacial score (nSPS) is 12.0. The summed E-state index contributed by atoms with van der Waals surface area (Å²) in [6.07, 6.45) is 0. The Morgan fingerprint density at radius 1 is 0.455 bits per heavy atom. The van der Waals surface area contributed by atoms with Crippen molar-refractivity contribution >= 4 is 43.0 Å². The van der Waals surface area contributed by atoms with Gasteiger partial charge in [-0.25, -0.2) is 0 Å². The SMILES string of the molecule is O.[F][Sb-]([F])([F])([F])[F].c1ccc(Sc2ccc([S+](c3ccccc3)c3ccccc3)cc2)cc1. The van der Waals surface area contributed by atoms with Gasteiger partial charge >= 0.3 is 34.4 Å². The van der Waals surface area contributed by atoms with E-state index in [1.165, 1.54) is 24.5 Å². The summed E-state index contributed by atoms with van der Waals surface area (Å²) in [5, 5.41) is 0. The average Bonchev–Trinajstić information content (AvgIpc) is 2.76. The van der Waals surface area contributed by atoms with Crippen molar-refractivity contribution in [3.63, 3.8) is 0 Å². The fourth-order valence-corrected chi connectivity index (χ4v) is 5.71. The molecule has 0 atom stereocenters. The van der Waals surface area contributed by atoms with Gasteiger partial charge in [0.1, 0.15) is 0 Å². The Labute approximate surface area is 201 Å². The molecule has 1 nitrogen and oxygen atoms in total. The molecule has 0 aliphatic rings. The molecule has 0 bridgehead atoms. The van der Waals surface area contributed by atoms with Gasteiger partial charge in [0.15, 0.2) is 14.7 Å². The van der Waals surface area contributed by atoms with Crippen molar-refractivity contribution in [2.45, 2.75) is 24.5 Å². The molecule has 0 saturated carbocycles. The maximum atomic E-state index is 9.91. The summed E-state index contributed by atoms with van der Waals surface area (Å²) in [6, 6.07) is 41.1. The van der Waals surface area contributed by atoms with Crippen LogP contribution in [0.5, 0.6) is 0 Å². The average molecular weight is 606 g/mol. The third kappa shape index (κ3) is 10.2. The first-order valence-corrected chi connectivity index (χ1v) is 16.3. The van der Waals surface area contributed by atoms with Crippen LogP contribution in [0.2, 0.25) is 0 Å². The first kappa shape index (κ1) is 27.3. The summed E-state index contributed by atoms with van der Waals surface area (Å²) >= 11 is -7.39. The van der Waals surface area contributed by atoms with Gasteiger partial charge in [-0.05, 0) is 60.7 Å². The summed E-state index contributed by atoms with van der Waals surface area (Å²) in [5.41, 5.74) is 0. The van der Waals surface area contributed by atoms with E-state index in [0.29, 0.717) is 0 Å². The molecule has 2 N–H and O–H groups in total. The van der Waals surface area contributed by atoms with E-state index in [-0.39, 0.29) is 16.4 Å².